The first kappa shape index (κ1) is 19.2. The third-order valence-electron chi connectivity index (χ3n) is 7.57. The van der Waals surface area contributed by atoms with E-state index < -0.39 is 0 Å². The van der Waals surface area contributed by atoms with Crippen LogP contribution in [0.3, 0.4) is 0 Å². The summed E-state index contributed by atoms with van der Waals surface area (Å²) in [5.41, 5.74) is 0.889. The molecule has 2 saturated carbocycles. The number of rotatable bonds is 2. The van der Waals surface area contributed by atoms with Crippen LogP contribution in [-0.2, 0) is 5.54 Å². The minimum absolute atomic E-state index is 0.0155. The Kier molecular flexibility index (Phi) is 4.67. The zero-order valence-corrected chi connectivity index (χ0v) is 18.4. The maximum atomic E-state index is 13.7. The minimum Gasteiger partial charge on any atom is -0.273 e. The Balaban J connectivity index is 1.55. The van der Waals surface area contributed by atoms with Crippen molar-refractivity contribution in [2.45, 2.75) is 69.4 Å². The third kappa shape index (κ3) is 2.97. The van der Waals surface area contributed by atoms with Crippen LogP contribution in [0.1, 0.15) is 67.5 Å². The van der Waals surface area contributed by atoms with Crippen molar-refractivity contribution in [1.82, 2.24) is 19.7 Å². The summed E-state index contributed by atoms with van der Waals surface area (Å²) in [7, 11) is 0. The first-order chi connectivity index (χ1) is 15.3. The highest BCUT2D eigenvalue weighted by Crippen LogP contribution is 2.53. The Morgan fingerprint density at radius 3 is 2.71 bits per heavy atom. The molecule has 3 aromatic rings. The highest BCUT2D eigenvalue weighted by atomic mass is 32.1. The molecular formula is C24H27N5OS. The largest absolute Gasteiger partial charge is 0.273 e. The molecule has 1 aliphatic heterocycles. The van der Waals surface area contributed by atoms with E-state index in [9.17, 15) is 4.79 Å². The molecule has 1 spiro atoms. The van der Waals surface area contributed by atoms with Gasteiger partial charge in [0.15, 0.2) is 5.82 Å². The van der Waals surface area contributed by atoms with Crippen LogP contribution in [0, 0.1) is 5.92 Å². The van der Waals surface area contributed by atoms with Gasteiger partial charge in [-0.3, -0.25) is 14.7 Å². The second kappa shape index (κ2) is 7.55. The Bertz CT molecular complexity index is 1070. The highest BCUT2D eigenvalue weighted by Gasteiger charge is 2.55. The van der Waals surface area contributed by atoms with Crippen LogP contribution >= 0.6 is 11.3 Å². The van der Waals surface area contributed by atoms with Crippen LogP contribution in [0.15, 0.2) is 42.0 Å². The fourth-order valence-corrected chi connectivity index (χ4v) is 6.90. The number of carbonyl (C=O) groups is 1. The predicted molar refractivity (Wildman–Crippen MR) is 121 cm³/mol. The summed E-state index contributed by atoms with van der Waals surface area (Å²) >= 11 is 1.51. The summed E-state index contributed by atoms with van der Waals surface area (Å²) < 4.78 is 2.17. The van der Waals surface area contributed by atoms with Gasteiger partial charge in [0.2, 0.25) is 5.95 Å². The number of thiophene rings is 1. The van der Waals surface area contributed by atoms with Gasteiger partial charge >= 0.3 is 0 Å². The number of aromatic nitrogens is 4. The number of carbonyl (C=O) groups excluding carboxylic acids is 1. The molecule has 2 atom stereocenters. The summed E-state index contributed by atoms with van der Waals surface area (Å²) in [6.07, 6.45) is 14.2. The Morgan fingerprint density at radius 2 is 1.94 bits per heavy atom. The lowest BCUT2D eigenvalue weighted by Crippen LogP contribution is -2.61. The van der Waals surface area contributed by atoms with Gasteiger partial charge in [-0.15, -0.1) is 16.4 Å². The van der Waals surface area contributed by atoms with E-state index in [-0.39, 0.29) is 17.5 Å². The molecule has 31 heavy (non-hydrogen) atoms. The summed E-state index contributed by atoms with van der Waals surface area (Å²) in [6, 6.07) is 8.01. The number of hydrogen-bond acceptors (Lipinski definition) is 5. The molecule has 0 bridgehead atoms. The quantitative estimate of drug-likeness (QED) is 0.551. The van der Waals surface area contributed by atoms with E-state index in [4.69, 9.17) is 10.1 Å². The van der Waals surface area contributed by atoms with Gasteiger partial charge in [0.25, 0.3) is 5.91 Å². The number of amides is 1. The monoisotopic (exact) mass is 433 g/mol. The first-order valence-corrected chi connectivity index (χ1v) is 12.4. The van der Waals surface area contributed by atoms with Gasteiger partial charge in [-0.25, -0.2) is 4.68 Å². The lowest BCUT2D eigenvalue weighted by atomic mass is 9.64. The predicted octanol–water partition coefficient (Wildman–Crippen LogP) is 5.28. The molecule has 160 valence electrons. The second-order valence-electron chi connectivity index (χ2n) is 9.16. The second-order valence-corrected chi connectivity index (χ2v) is 10.1. The topological polar surface area (TPSA) is 63.9 Å². The van der Waals surface area contributed by atoms with Gasteiger partial charge in [-0.1, -0.05) is 38.2 Å². The van der Waals surface area contributed by atoms with E-state index in [1.54, 1.807) is 6.20 Å². The normalized spacial score (nSPS) is 24.6. The van der Waals surface area contributed by atoms with Crippen molar-refractivity contribution in [1.29, 1.82) is 0 Å². The van der Waals surface area contributed by atoms with E-state index >= 15 is 0 Å². The van der Waals surface area contributed by atoms with E-state index in [0.717, 1.165) is 35.7 Å². The fraction of sp³-hybridized carbons (Fsp3) is 0.500. The van der Waals surface area contributed by atoms with Crippen LogP contribution in [0.5, 0.6) is 0 Å². The van der Waals surface area contributed by atoms with E-state index in [2.05, 4.69) is 9.67 Å². The fourth-order valence-electron chi connectivity index (χ4n) is 6.24. The third-order valence-corrected chi connectivity index (χ3v) is 8.43. The van der Waals surface area contributed by atoms with Crippen LogP contribution in [0.25, 0.3) is 11.4 Å². The smallest absolute Gasteiger partial charge is 0.270 e. The van der Waals surface area contributed by atoms with Crippen molar-refractivity contribution in [2.24, 2.45) is 5.92 Å². The van der Waals surface area contributed by atoms with Crippen molar-refractivity contribution >= 4 is 23.2 Å². The summed E-state index contributed by atoms with van der Waals surface area (Å²) in [5, 5.41) is 7.05. The van der Waals surface area contributed by atoms with Crippen molar-refractivity contribution < 1.29 is 4.79 Å². The maximum Gasteiger partial charge on any atom is 0.270 e. The molecule has 0 saturated heterocycles. The molecule has 3 aromatic heterocycles. The summed E-state index contributed by atoms with van der Waals surface area (Å²) in [4.78, 5) is 25.8. The van der Waals surface area contributed by atoms with Crippen molar-refractivity contribution in [3.05, 3.63) is 46.9 Å². The molecule has 4 heterocycles. The minimum atomic E-state index is -0.0155. The number of hydrogen-bond donors (Lipinski definition) is 0. The van der Waals surface area contributed by atoms with Crippen molar-refractivity contribution in [3.63, 3.8) is 0 Å². The Hall–Kier alpha value is -2.54. The number of nitrogens with zero attached hydrogens (tertiary/aromatic N) is 5. The highest BCUT2D eigenvalue weighted by molar-refractivity contribution is 7.12. The molecule has 2 aliphatic carbocycles. The molecule has 3 aliphatic rings. The lowest BCUT2D eigenvalue weighted by molar-refractivity contribution is 0.0315. The van der Waals surface area contributed by atoms with Gasteiger partial charge in [0.1, 0.15) is 0 Å². The summed E-state index contributed by atoms with van der Waals surface area (Å²) in [5.74, 6) is 1.93. The van der Waals surface area contributed by atoms with E-state index in [1.807, 2.05) is 40.7 Å². The van der Waals surface area contributed by atoms with Crippen LogP contribution in [0.2, 0.25) is 0 Å². The first-order valence-electron chi connectivity index (χ1n) is 11.5. The molecule has 7 heteroatoms. The number of anilines is 1. The molecular weight excluding hydrogens is 406 g/mol. The zero-order valence-electron chi connectivity index (χ0n) is 17.6. The average molecular weight is 434 g/mol. The molecule has 6 nitrogen and oxygen atoms in total. The van der Waals surface area contributed by atoms with Crippen molar-refractivity contribution in [2.75, 3.05) is 4.90 Å². The van der Waals surface area contributed by atoms with Crippen LogP contribution < -0.4 is 4.90 Å². The molecule has 2 fully saturated rings. The lowest BCUT2D eigenvalue weighted by Gasteiger charge is -2.55. The Morgan fingerprint density at radius 1 is 1.06 bits per heavy atom. The van der Waals surface area contributed by atoms with Gasteiger partial charge in [0.05, 0.1) is 10.4 Å². The molecule has 6 rings (SSSR count). The van der Waals surface area contributed by atoms with E-state index in [0.29, 0.717) is 11.7 Å². The number of fused-ring (bicyclic) bond motifs is 4. The molecule has 0 N–H and O–H groups in total. The zero-order chi connectivity index (χ0) is 20.8. The molecule has 2 unspecified atom stereocenters. The molecule has 0 aromatic carbocycles. The maximum absolute atomic E-state index is 13.7. The molecule has 0 radical (unpaired) electrons. The van der Waals surface area contributed by atoms with Gasteiger partial charge in [-0.2, -0.15) is 4.98 Å². The van der Waals surface area contributed by atoms with Crippen LogP contribution in [-0.4, -0.2) is 31.7 Å². The van der Waals surface area contributed by atoms with Gasteiger partial charge < -0.3 is 0 Å². The van der Waals surface area contributed by atoms with Crippen LogP contribution in [0.4, 0.5) is 5.95 Å². The molecule has 1 amide bonds. The van der Waals surface area contributed by atoms with Gasteiger partial charge in [0, 0.05) is 29.9 Å². The number of pyridine rings is 1. The standard InChI is InChI=1S/C24H27N5OS/c30-22(20-11-7-15-31-20)28-19-10-3-2-9-18(19)24(12-4-1-5-13-24)29-23(28)26-21(27-29)17-8-6-14-25-16-17/h6-8,11,14-16,18-19H,1-5,9-10,12-13H2. The SMILES string of the molecule is O=C(c1cccs1)N1c2nc(-c3cccnc3)nn2C2(CCCCC2)C2CCCCC21. The summed E-state index contributed by atoms with van der Waals surface area (Å²) in [6.45, 7) is 0. The van der Waals surface area contributed by atoms with Crippen molar-refractivity contribution in [3.8, 4) is 11.4 Å². The Labute approximate surface area is 186 Å². The average Bonchev–Trinajstić information content (AvgIpc) is 3.52. The van der Waals surface area contributed by atoms with E-state index in [1.165, 1.54) is 49.9 Å². The van der Waals surface area contributed by atoms with Gasteiger partial charge in [-0.05, 0) is 49.3 Å².